The highest BCUT2D eigenvalue weighted by atomic mass is 16.2. The highest BCUT2D eigenvalue weighted by molar-refractivity contribution is 5.89. The molecule has 1 unspecified atom stereocenters. The summed E-state index contributed by atoms with van der Waals surface area (Å²) in [4.78, 5) is 30.0. The lowest BCUT2D eigenvalue weighted by Gasteiger charge is -2.25. The third-order valence-electron chi connectivity index (χ3n) is 3.38. The van der Waals surface area contributed by atoms with Crippen LogP contribution in [0.2, 0.25) is 0 Å². The predicted molar refractivity (Wildman–Crippen MR) is 75.7 cm³/mol. The molecule has 2 amide bonds. The Hall–Kier alpha value is -1.91. The summed E-state index contributed by atoms with van der Waals surface area (Å²) in [6.07, 6.45) is 4.47. The Morgan fingerprint density at radius 1 is 1.35 bits per heavy atom. The Labute approximate surface area is 119 Å². The van der Waals surface area contributed by atoms with E-state index in [-0.39, 0.29) is 11.8 Å². The molecule has 108 valence electrons. The van der Waals surface area contributed by atoms with Crippen molar-refractivity contribution in [2.75, 3.05) is 6.54 Å². The summed E-state index contributed by atoms with van der Waals surface area (Å²) in [6.45, 7) is 5.11. The topological polar surface area (TPSA) is 62.3 Å². The van der Waals surface area contributed by atoms with Crippen LogP contribution in [-0.4, -0.2) is 34.3 Å². The number of pyridine rings is 1. The lowest BCUT2D eigenvalue weighted by molar-refractivity contribution is -0.134. The van der Waals surface area contributed by atoms with Gasteiger partial charge in [0.05, 0.1) is 0 Å². The maximum absolute atomic E-state index is 12.5. The van der Waals surface area contributed by atoms with Crippen molar-refractivity contribution in [2.45, 2.75) is 39.3 Å². The van der Waals surface area contributed by atoms with E-state index in [0.717, 1.165) is 5.56 Å². The molecule has 0 bridgehead atoms. The Kier molecular flexibility index (Phi) is 4.71. The summed E-state index contributed by atoms with van der Waals surface area (Å²) in [5, 5.41) is 2.83. The second kappa shape index (κ2) is 6.50. The molecule has 1 N–H and O–H groups in total. The molecule has 20 heavy (non-hydrogen) atoms. The van der Waals surface area contributed by atoms with Gasteiger partial charge in [-0.1, -0.05) is 13.8 Å². The van der Waals surface area contributed by atoms with Gasteiger partial charge >= 0.3 is 0 Å². The highest BCUT2D eigenvalue weighted by Gasteiger charge is 2.30. The van der Waals surface area contributed by atoms with E-state index in [9.17, 15) is 9.59 Å². The minimum absolute atomic E-state index is 0.0152. The number of carbonyl (C=O) groups is 2. The van der Waals surface area contributed by atoms with E-state index in [2.05, 4.69) is 24.1 Å². The zero-order valence-corrected chi connectivity index (χ0v) is 12.0. The number of rotatable bonds is 4. The van der Waals surface area contributed by atoms with Gasteiger partial charge in [0.1, 0.15) is 6.04 Å². The molecule has 0 aliphatic carbocycles. The first-order valence-electron chi connectivity index (χ1n) is 7.03. The fourth-order valence-electron chi connectivity index (χ4n) is 2.39. The first kappa shape index (κ1) is 14.5. The van der Waals surface area contributed by atoms with E-state index >= 15 is 0 Å². The maximum atomic E-state index is 12.5. The van der Waals surface area contributed by atoms with E-state index in [0.29, 0.717) is 31.8 Å². The van der Waals surface area contributed by atoms with Crippen LogP contribution in [-0.2, 0) is 16.1 Å². The van der Waals surface area contributed by atoms with Gasteiger partial charge in [0.25, 0.3) is 0 Å². The number of carbonyl (C=O) groups excluding carboxylic acids is 2. The lowest BCUT2D eigenvalue weighted by Crippen LogP contribution is -2.45. The molecule has 1 atom stereocenters. The molecule has 0 saturated carbocycles. The molecule has 0 radical (unpaired) electrons. The van der Waals surface area contributed by atoms with Crippen molar-refractivity contribution in [1.29, 1.82) is 0 Å². The van der Waals surface area contributed by atoms with Gasteiger partial charge in [-0.2, -0.15) is 0 Å². The summed E-state index contributed by atoms with van der Waals surface area (Å²) in [6, 6.07) is 3.39. The molecular formula is C15H21N3O2. The van der Waals surface area contributed by atoms with E-state index in [1.54, 1.807) is 17.3 Å². The van der Waals surface area contributed by atoms with Crippen molar-refractivity contribution >= 4 is 11.8 Å². The fraction of sp³-hybridized carbons (Fsp3) is 0.533. The minimum Gasteiger partial charge on any atom is -0.344 e. The molecule has 1 fully saturated rings. The van der Waals surface area contributed by atoms with Crippen LogP contribution in [0, 0.1) is 5.92 Å². The lowest BCUT2D eigenvalue weighted by atomic mass is 10.0. The van der Waals surface area contributed by atoms with Crippen LogP contribution < -0.4 is 5.32 Å². The van der Waals surface area contributed by atoms with Crippen molar-refractivity contribution in [3.05, 3.63) is 30.1 Å². The molecule has 0 aromatic carbocycles. The Balaban J connectivity index is 2.11. The second-order valence-corrected chi connectivity index (χ2v) is 5.61. The summed E-state index contributed by atoms with van der Waals surface area (Å²) >= 11 is 0. The monoisotopic (exact) mass is 275 g/mol. The van der Waals surface area contributed by atoms with Crippen LogP contribution in [0.1, 0.15) is 32.3 Å². The van der Waals surface area contributed by atoms with E-state index in [1.165, 1.54) is 0 Å². The highest BCUT2D eigenvalue weighted by Crippen LogP contribution is 2.14. The molecule has 1 aliphatic rings. The van der Waals surface area contributed by atoms with Crippen LogP contribution in [0.4, 0.5) is 0 Å². The van der Waals surface area contributed by atoms with Gasteiger partial charge < -0.3 is 10.2 Å². The third kappa shape index (κ3) is 3.79. The predicted octanol–water partition coefficient (Wildman–Crippen LogP) is 1.34. The van der Waals surface area contributed by atoms with Gasteiger partial charge in [-0.15, -0.1) is 0 Å². The molecule has 2 heterocycles. The van der Waals surface area contributed by atoms with Gasteiger partial charge in [-0.05, 0) is 30.0 Å². The molecule has 1 aromatic heterocycles. The Morgan fingerprint density at radius 2 is 2.05 bits per heavy atom. The number of nitrogens with zero attached hydrogens (tertiary/aromatic N) is 2. The zero-order valence-electron chi connectivity index (χ0n) is 12.0. The van der Waals surface area contributed by atoms with Crippen LogP contribution >= 0.6 is 0 Å². The number of nitrogens with one attached hydrogen (secondary N) is 1. The Bertz CT molecular complexity index is 473. The van der Waals surface area contributed by atoms with Gasteiger partial charge in [0.15, 0.2) is 0 Å². The zero-order chi connectivity index (χ0) is 14.5. The molecule has 5 nitrogen and oxygen atoms in total. The molecule has 1 aromatic rings. The smallest absolute Gasteiger partial charge is 0.245 e. The molecule has 0 spiro atoms. The summed E-state index contributed by atoms with van der Waals surface area (Å²) in [5.41, 5.74) is 1.03. The summed E-state index contributed by atoms with van der Waals surface area (Å²) < 4.78 is 0. The third-order valence-corrected chi connectivity index (χ3v) is 3.38. The Morgan fingerprint density at radius 3 is 2.70 bits per heavy atom. The van der Waals surface area contributed by atoms with Crippen LogP contribution in [0.15, 0.2) is 24.5 Å². The van der Waals surface area contributed by atoms with E-state index in [1.807, 2.05) is 12.1 Å². The van der Waals surface area contributed by atoms with E-state index < -0.39 is 6.04 Å². The van der Waals surface area contributed by atoms with Crippen molar-refractivity contribution in [3.8, 4) is 0 Å². The quantitative estimate of drug-likeness (QED) is 0.902. The van der Waals surface area contributed by atoms with Crippen molar-refractivity contribution in [2.24, 2.45) is 5.92 Å². The largest absolute Gasteiger partial charge is 0.344 e. The molecule has 1 saturated heterocycles. The SMILES string of the molecule is CC(C)CC1NC(=O)CCN(Cc2ccncc2)C1=O. The summed E-state index contributed by atoms with van der Waals surface area (Å²) in [7, 11) is 0. The van der Waals surface area contributed by atoms with Gasteiger partial charge in [-0.25, -0.2) is 0 Å². The molecule has 5 heteroatoms. The number of amides is 2. The average Bonchev–Trinajstić information content (AvgIpc) is 2.53. The molecule has 1 aliphatic heterocycles. The van der Waals surface area contributed by atoms with Gasteiger partial charge in [0, 0.05) is 31.9 Å². The van der Waals surface area contributed by atoms with Gasteiger partial charge in [0.2, 0.25) is 11.8 Å². The van der Waals surface area contributed by atoms with Crippen molar-refractivity contribution in [3.63, 3.8) is 0 Å². The average molecular weight is 275 g/mol. The maximum Gasteiger partial charge on any atom is 0.245 e. The minimum atomic E-state index is -0.396. The van der Waals surface area contributed by atoms with Crippen molar-refractivity contribution < 1.29 is 9.59 Å². The normalized spacial score (nSPS) is 19.9. The number of hydrogen-bond donors (Lipinski definition) is 1. The van der Waals surface area contributed by atoms with Crippen LogP contribution in [0.25, 0.3) is 0 Å². The molecule has 2 rings (SSSR count). The fourth-order valence-corrected chi connectivity index (χ4v) is 2.39. The molecular weight excluding hydrogens is 254 g/mol. The number of aromatic nitrogens is 1. The second-order valence-electron chi connectivity index (χ2n) is 5.61. The van der Waals surface area contributed by atoms with Crippen LogP contribution in [0.3, 0.4) is 0 Å². The standard InChI is InChI=1S/C15H21N3O2/c1-11(2)9-13-15(20)18(8-5-14(19)17-13)10-12-3-6-16-7-4-12/h3-4,6-7,11,13H,5,8-10H2,1-2H3,(H,17,19). The first-order valence-corrected chi connectivity index (χ1v) is 7.03. The van der Waals surface area contributed by atoms with E-state index in [4.69, 9.17) is 0 Å². The first-order chi connectivity index (χ1) is 9.56. The number of hydrogen-bond acceptors (Lipinski definition) is 3. The van der Waals surface area contributed by atoms with Gasteiger partial charge in [-0.3, -0.25) is 14.6 Å². The van der Waals surface area contributed by atoms with Crippen molar-refractivity contribution in [1.82, 2.24) is 15.2 Å². The summed E-state index contributed by atoms with van der Waals surface area (Å²) in [5.74, 6) is 0.340. The van der Waals surface area contributed by atoms with Crippen LogP contribution in [0.5, 0.6) is 0 Å².